The van der Waals surface area contributed by atoms with Crippen LogP contribution < -0.4 is 5.73 Å². The largest absolute Gasteiger partial charge is 0.480 e. The summed E-state index contributed by atoms with van der Waals surface area (Å²) in [6, 6.07) is -2.53. The standard InChI is InChI=1S/C4H5ClF3NO2/c5-1(3(10)11)2(9)4(6,7)8/h1-2H,9H2,(H,10,11)/t1-,2+/m0/s1. The number of carbonyl (C=O) groups is 1. The summed E-state index contributed by atoms with van der Waals surface area (Å²) in [5.74, 6) is -1.78. The second-order valence-corrected chi connectivity index (χ2v) is 2.28. The minimum Gasteiger partial charge on any atom is -0.480 e. The zero-order chi connectivity index (χ0) is 9.23. The minimum atomic E-state index is -4.77. The Morgan fingerprint density at radius 1 is 1.55 bits per heavy atom. The van der Waals surface area contributed by atoms with Crippen molar-refractivity contribution >= 4 is 17.6 Å². The van der Waals surface area contributed by atoms with Crippen LogP contribution in [0.3, 0.4) is 0 Å². The third-order valence-corrected chi connectivity index (χ3v) is 1.39. The first kappa shape index (κ1) is 10.5. The number of hydrogen-bond acceptors (Lipinski definition) is 2. The third kappa shape index (κ3) is 2.94. The molecule has 0 bridgehead atoms. The lowest BCUT2D eigenvalue weighted by molar-refractivity contribution is -0.159. The van der Waals surface area contributed by atoms with Gasteiger partial charge in [0, 0.05) is 0 Å². The van der Waals surface area contributed by atoms with E-state index >= 15 is 0 Å². The van der Waals surface area contributed by atoms with Crippen molar-refractivity contribution in [1.82, 2.24) is 0 Å². The van der Waals surface area contributed by atoms with E-state index in [-0.39, 0.29) is 0 Å². The quantitative estimate of drug-likeness (QED) is 0.627. The number of carboxylic acids is 1. The smallest absolute Gasteiger partial charge is 0.405 e. The molecule has 0 aliphatic carbocycles. The Hall–Kier alpha value is -0.490. The maximum atomic E-state index is 11.6. The summed E-state index contributed by atoms with van der Waals surface area (Å²) in [6.07, 6.45) is -4.77. The Morgan fingerprint density at radius 2 is 1.91 bits per heavy atom. The lowest BCUT2D eigenvalue weighted by Crippen LogP contribution is -2.47. The zero-order valence-electron chi connectivity index (χ0n) is 5.10. The minimum absolute atomic E-state index is 1.78. The van der Waals surface area contributed by atoms with Crippen LogP contribution in [0.25, 0.3) is 0 Å². The first-order chi connectivity index (χ1) is 4.76. The van der Waals surface area contributed by atoms with Gasteiger partial charge in [0.2, 0.25) is 0 Å². The summed E-state index contributed by atoms with van der Waals surface area (Å²) < 4.78 is 34.8. The lowest BCUT2D eigenvalue weighted by atomic mass is 10.2. The molecule has 2 atom stereocenters. The highest BCUT2D eigenvalue weighted by atomic mass is 35.5. The molecule has 0 aliphatic rings. The van der Waals surface area contributed by atoms with Crippen LogP contribution in [0.2, 0.25) is 0 Å². The van der Waals surface area contributed by atoms with E-state index in [0.29, 0.717) is 0 Å². The van der Waals surface area contributed by atoms with Gasteiger partial charge in [0.1, 0.15) is 6.04 Å². The van der Waals surface area contributed by atoms with Crippen molar-refractivity contribution in [2.45, 2.75) is 17.6 Å². The fraction of sp³-hybridized carbons (Fsp3) is 0.750. The monoisotopic (exact) mass is 191 g/mol. The summed E-state index contributed by atoms with van der Waals surface area (Å²) in [5.41, 5.74) is 4.46. The maximum absolute atomic E-state index is 11.6. The average Bonchev–Trinajstić information content (AvgIpc) is 1.82. The Labute approximate surface area is 64.9 Å². The van der Waals surface area contributed by atoms with Crippen molar-refractivity contribution in [2.24, 2.45) is 5.73 Å². The molecular formula is C4H5ClF3NO2. The van der Waals surface area contributed by atoms with Crippen LogP contribution in [-0.4, -0.2) is 28.7 Å². The van der Waals surface area contributed by atoms with E-state index in [2.05, 4.69) is 5.73 Å². The normalized spacial score (nSPS) is 17.5. The van der Waals surface area contributed by atoms with Crippen LogP contribution in [0.1, 0.15) is 0 Å². The van der Waals surface area contributed by atoms with Gasteiger partial charge in [0.15, 0.2) is 5.38 Å². The molecule has 0 fully saturated rings. The molecule has 7 heteroatoms. The van der Waals surface area contributed by atoms with Crippen molar-refractivity contribution in [3.63, 3.8) is 0 Å². The highest BCUT2D eigenvalue weighted by Crippen LogP contribution is 2.23. The molecule has 0 saturated carbocycles. The van der Waals surface area contributed by atoms with Gasteiger partial charge in [0.05, 0.1) is 0 Å². The number of rotatable bonds is 2. The SMILES string of the molecule is N[C@H]([C@H](Cl)C(=O)O)C(F)(F)F. The van der Waals surface area contributed by atoms with Gasteiger partial charge in [-0.1, -0.05) is 0 Å². The van der Waals surface area contributed by atoms with Crippen molar-refractivity contribution in [1.29, 1.82) is 0 Å². The Morgan fingerprint density at radius 3 is 2.00 bits per heavy atom. The van der Waals surface area contributed by atoms with E-state index in [4.69, 9.17) is 16.7 Å². The molecule has 0 saturated heterocycles. The Balaban J connectivity index is 4.25. The van der Waals surface area contributed by atoms with E-state index in [1.165, 1.54) is 0 Å². The molecule has 0 aliphatic heterocycles. The van der Waals surface area contributed by atoms with Crippen molar-refractivity contribution in [3.8, 4) is 0 Å². The van der Waals surface area contributed by atoms with Crippen LogP contribution >= 0.6 is 11.6 Å². The summed E-state index contributed by atoms with van der Waals surface area (Å²) in [4.78, 5) is 9.88. The first-order valence-corrected chi connectivity index (χ1v) is 2.89. The fourth-order valence-electron chi connectivity index (χ4n) is 0.320. The predicted octanol–water partition coefficient (Wildman–Crippen LogP) is 0.568. The highest BCUT2D eigenvalue weighted by molar-refractivity contribution is 6.30. The molecule has 0 rings (SSSR count). The molecule has 11 heavy (non-hydrogen) atoms. The van der Waals surface area contributed by atoms with Gasteiger partial charge in [-0.2, -0.15) is 13.2 Å². The molecule has 66 valence electrons. The average molecular weight is 192 g/mol. The van der Waals surface area contributed by atoms with Gasteiger partial charge < -0.3 is 10.8 Å². The molecule has 0 heterocycles. The number of aliphatic carboxylic acids is 1. The van der Waals surface area contributed by atoms with Crippen molar-refractivity contribution in [2.75, 3.05) is 0 Å². The van der Waals surface area contributed by atoms with E-state index in [9.17, 15) is 18.0 Å². The maximum Gasteiger partial charge on any atom is 0.405 e. The van der Waals surface area contributed by atoms with Crippen molar-refractivity contribution < 1.29 is 23.1 Å². The van der Waals surface area contributed by atoms with Crippen LogP contribution in [-0.2, 0) is 4.79 Å². The molecule has 0 aromatic rings. The van der Waals surface area contributed by atoms with Gasteiger partial charge >= 0.3 is 12.1 Å². The summed E-state index contributed by atoms with van der Waals surface area (Å²) in [5, 5.41) is 5.87. The summed E-state index contributed by atoms with van der Waals surface area (Å²) in [7, 11) is 0. The van der Waals surface area contributed by atoms with E-state index < -0.39 is 23.6 Å². The molecule has 3 N–H and O–H groups in total. The molecular weight excluding hydrogens is 186 g/mol. The van der Waals surface area contributed by atoms with Gasteiger partial charge in [0.25, 0.3) is 0 Å². The van der Waals surface area contributed by atoms with E-state index in [1.807, 2.05) is 0 Å². The molecule has 0 aromatic heterocycles. The Kier molecular flexibility index (Phi) is 3.13. The van der Waals surface area contributed by atoms with Gasteiger partial charge in [-0.05, 0) is 0 Å². The third-order valence-electron chi connectivity index (χ3n) is 0.929. The zero-order valence-corrected chi connectivity index (χ0v) is 5.86. The Bertz CT molecular complexity index is 160. The van der Waals surface area contributed by atoms with Crippen LogP contribution in [0.5, 0.6) is 0 Å². The number of carboxylic acid groups (broad SMARTS) is 1. The van der Waals surface area contributed by atoms with Gasteiger partial charge in [-0.3, -0.25) is 4.79 Å². The summed E-state index contributed by atoms with van der Waals surface area (Å²) >= 11 is 4.81. The number of hydrogen-bond donors (Lipinski definition) is 2. The lowest BCUT2D eigenvalue weighted by Gasteiger charge is -2.16. The second kappa shape index (κ2) is 3.27. The molecule has 0 amide bonds. The topological polar surface area (TPSA) is 63.3 Å². The van der Waals surface area contributed by atoms with Gasteiger partial charge in [-0.25, -0.2) is 0 Å². The number of nitrogens with two attached hydrogens (primary N) is 1. The number of alkyl halides is 4. The second-order valence-electron chi connectivity index (χ2n) is 1.81. The predicted molar refractivity (Wildman–Crippen MR) is 31.3 cm³/mol. The molecule has 0 unspecified atom stereocenters. The molecule has 0 spiro atoms. The van der Waals surface area contributed by atoms with Gasteiger partial charge in [-0.15, -0.1) is 11.6 Å². The number of halogens is 4. The summed E-state index contributed by atoms with van der Waals surface area (Å²) in [6.45, 7) is 0. The van der Waals surface area contributed by atoms with Crippen LogP contribution in [0, 0.1) is 0 Å². The van der Waals surface area contributed by atoms with E-state index in [0.717, 1.165) is 0 Å². The molecule has 0 aromatic carbocycles. The highest BCUT2D eigenvalue weighted by Gasteiger charge is 2.44. The van der Waals surface area contributed by atoms with Crippen LogP contribution in [0.15, 0.2) is 0 Å². The first-order valence-electron chi connectivity index (χ1n) is 2.46. The fourth-order valence-corrected chi connectivity index (χ4v) is 0.462. The molecule has 0 radical (unpaired) electrons. The van der Waals surface area contributed by atoms with Crippen LogP contribution in [0.4, 0.5) is 13.2 Å². The molecule has 3 nitrogen and oxygen atoms in total. The van der Waals surface area contributed by atoms with Crippen molar-refractivity contribution in [3.05, 3.63) is 0 Å². The van der Waals surface area contributed by atoms with E-state index in [1.54, 1.807) is 0 Å².